The van der Waals surface area contributed by atoms with Crippen molar-refractivity contribution in [1.82, 2.24) is 4.98 Å². The van der Waals surface area contributed by atoms with E-state index in [-0.39, 0.29) is 5.91 Å². The van der Waals surface area contributed by atoms with Crippen molar-refractivity contribution in [2.45, 2.75) is 6.54 Å². The largest absolute Gasteiger partial charge is 0.497 e. The van der Waals surface area contributed by atoms with Crippen molar-refractivity contribution in [2.75, 3.05) is 19.1 Å². The van der Waals surface area contributed by atoms with Gasteiger partial charge in [0.05, 0.1) is 26.3 Å². The number of benzene rings is 3. The van der Waals surface area contributed by atoms with Crippen LogP contribution in [0.1, 0.15) is 16.1 Å². The summed E-state index contributed by atoms with van der Waals surface area (Å²) in [5.74, 6) is 1.46. The Labute approximate surface area is 174 Å². The number of fused-ring (bicyclic) bond motifs is 2. The Bertz CT molecular complexity index is 1250. The second-order valence-electron chi connectivity index (χ2n) is 7.15. The first-order valence-corrected chi connectivity index (χ1v) is 9.71. The smallest absolute Gasteiger partial charge is 0.277 e. The van der Waals surface area contributed by atoms with Crippen LogP contribution in [0, 0.1) is 0 Å². The van der Waals surface area contributed by atoms with Gasteiger partial charge in [-0.05, 0) is 53.6 Å². The van der Waals surface area contributed by atoms with Crippen LogP contribution in [-0.4, -0.2) is 25.1 Å². The number of carbonyl (C=O) groups excluding carboxylic acids is 1. The maximum atomic E-state index is 13.3. The number of hydrogen-bond donors (Lipinski definition) is 0. The summed E-state index contributed by atoms with van der Waals surface area (Å²) in [6, 6.07) is 23.4. The third-order valence-corrected chi connectivity index (χ3v) is 5.50. The van der Waals surface area contributed by atoms with Gasteiger partial charge in [-0.1, -0.05) is 30.3 Å². The van der Waals surface area contributed by atoms with E-state index in [9.17, 15) is 4.79 Å². The Balaban J connectivity index is 1.76. The summed E-state index contributed by atoms with van der Waals surface area (Å²) in [5.41, 5.74) is 5.07. The lowest BCUT2D eigenvalue weighted by molar-refractivity contribution is 0.0992. The Morgan fingerprint density at radius 2 is 1.57 bits per heavy atom. The minimum absolute atomic E-state index is 0.0799. The summed E-state index contributed by atoms with van der Waals surface area (Å²) in [5, 5.41) is 0.959. The maximum absolute atomic E-state index is 13.3. The van der Waals surface area contributed by atoms with Crippen molar-refractivity contribution >= 4 is 22.5 Å². The molecule has 1 aliphatic heterocycles. The van der Waals surface area contributed by atoms with Gasteiger partial charge < -0.3 is 14.4 Å². The van der Waals surface area contributed by atoms with Gasteiger partial charge in [-0.2, -0.15) is 0 Å². The highest BCUT2D eigenvalue weighted by Crippen LogP contribution is 2.40. The molecule has 0 saturated heterocycles. The van der Waals surface area contributed by atoms with Crippen LogP contribution in [0.4, 0.5) is 5.69 Å². The van der Waals surface area contributed by atoms with Crippen LogP contribution >= 0.6 is 0 Å². The number of amides is 1. The van der Waals surface area contributed by atoms with Gasteiger partial charge in [0.25, 0.3) is 5.91 Å². The quantitative estimate of drug-likeness (QED) is 0.483. The molecule has 5 heteroatoms. The standard InChI is InChI=1S/C25H20N2O3/c1-29-18-10-8-16(9-11-18)23-20-14-19(30-2)12-13-22(20)26-24-21(23)15-27(25(24)28)17-6-4-3-5-7-17/h3-14H,15H2,1-2H3. The monoisotopic (exact) mass is 396 g/mol. The Hall–Kier alpha value is -3.86. The summed E-state index contributed by atoms with van der Waals surface area (Å²) in [4.78, 5) is 19.8. The van der Waals surface area contributed by atoms with E-state index in [2.05, 4.69) is 0 Å². The lowest BCUT2D eigenvalue weighted by Crippen LogP contribution is -2.23. The highest BCUT2D eigenvalue weighted by molar-refractivity contribution is 6.13. The second-order valence-corrected chi connectivity index (χ2v) is 7.15. The third kappa shape index (κ3) is 2.87. The number of carbonyl (C=O) groups is 1. The van der Waals surface area contributed by atoms with Gasteiger partial charge in [-0.15, -0.1) is 0 Å². The van der Waals surface area contributed by atoms with Crippen molar-refractivity contribution in [1.29, 1.82) is 0 Å². The molecule has 2 heterocycles. The molecule has 148 valence electrons. The van der Waals surface area contributed by atoms with Gasteiger partial charge in [0.1, 0.15) is 17.2 Å². The number of nitrogens with zero attached hydrogens (tertiary/aromatic N) is 2. The van der Waals surface area contributed by atoms with E-state index in [0.29, 0.717) is 12.2 Å². The average Bonchev–Trinajstić information content (AvgIpc) is 3.13. The van der Waals surface area contributed by atoms with E-state index in [1.807, 2.05) is 72.8 Å². The first-order valence-electron chi connectivity index (χ1n) is 9.71. The zero-order chi connectivity index (χ0) is 20.7. The molecular formula is C25H20N2O3. The van der Waals surface area contributed by atoms with Crippen LogP contribution in [0.5, 0.6) is 11.5 Å². The van der Waals surface area contributed by atoms with Gasteiger partial charge in [0, 0.05) is 16.6 Å². The fourth-order valence-electron chi connectivity index (χ4n) is 4.00. The summed E-state index contributed by atoms with van der Waals surface area (Å²) in [7, 11) is 3.30. The summed E-state index contributed by atoms with van der Waals surface area (Å²) in [6.45, 7) is 0.472. The van der Waals surface area contributed by atoms with E-state index < -0.39 is 0 Å². The number of rotatable bonds is 4. The lowest BCUT2D eigenvalue weighted by atomic mass is 9.95. The fraction of sp³-hybridized carbons (Fsp3) is 0.120. The molecule has 1 aromatic heterocycles. The molecule has 30 heavy (non-hydrogen) atoms. The van der Waals surface area contributed by atoms with E-state index in [1.165, 1.54) is 0 Å². The average molecular weight is 396 g/mol. The molecule has 0 spiro atoms. The molecule has 5 nitrogen and oxygen atoms in total. The molecule has 0 aliphatic carbocycles. The van der Waals surface area contributed by atoms with Crippen LogP contribution in [0.3, 0.4) is 0 Å². The van der Waals surface area contributed by atoms with Crippen LogP contribution < -0.4 is 14.4 Å². The molecule has 5 rings (SSSR count). The van der Waals surface area contributed by atoms with E-state index in [4.69, 9.17) is 14.5 Å². The number of anilines is 1. The van der Waals surface area contributed by atoms with E-state index in [1.54, 1.807) is 19.1 Å². The topological polar surface area (TPSA) is 51.7 Å². The molecule has 0 fully saturated rings. The highest BCUT2D eigenvalue weighted by Gasteiger charge is 2.33. The molecule has 1 aliphatic rings. The van der Waals surface area contributed by atoms with Gasteiger partial charge >= 0.3 is 0 Å². The first-order chi connectivity index (χ1) is 14.7. The van der Waals surface area contributed by atoms with Gasteiger partial charge in [0.2, 0.25) is 0 Å². The number of para-hydroxylation sites is 1. The number of methoxy groups -OCH3 is 2. The van der Waals surface area contributed by atoms with Gasteiger partial charge in [-0.3, -0.25) is 4.79 Å². The Kier molecular flexibility index (Phi) is 4.36. The van der Waals surface area contributed by atoms with Gasteiger partial charge in [0.15, 0.2) is 0 Å². The number of hydrogen-bond acceptors (Lipinski definition) is 4. The molecule has 4 aromatic rings. The predicted molar refractivity (Wildman–Crippen MR) is 117 cm³/mol. The summed E-state index contributed by atoms with van der Waals surface area (Å²) in [6.07, 6.45) is 0. The first kappa shape index (κ1) is 18.2. The van der Waals surface area contributed by atoms with Crippen molar-refractivity contribution in [3.8, 4) is 22.6 Å². The number of aromatic nitrogens is 1. The van der Waals surface area contributed by atoms with Gasteiger partial charge in [-0.25, -0.2) is 4.98 Å². The maximum Gasteiger partial charge on any atom is 0.277 e. The van der Waals surface area contributed by atoms with E-state index in [0.717, 1.165) is 44.8 Å². The highest BCUT2D eigenvalue weighted by atomic mass is 16.5. The number of ether oxygens (including phenoxy) is 2. The van der Waals surface area contributed by atoms with Crippen molar-refractivity contribution in [2.24, 2.45) is 0 Å². The molecule has 0 atom stereocenters. The minimum Gasteiger partial charge on any atom is -0.497 e. The van der Waals surface area contributed by atoms with E-state index >= 15 is 0 Å². The zero-order valence-corrected chi connectivity index (χ0v) is 16.8. The van der Waals surface area contributed by atoms with Crippen molar-refractivity contribution < 1.29 is 14.3 Å². The Morgan fingerprint density at radius 3 is 2.27 bits per heavy atom. The third-order valence-electron chi connectivity index (χ3n) is 5.50. The SMILES string of the molecule is COc1ccc(-c2c3c(nc4ccc(OC)cc24)C(=O)N(c2ccccc2)C3)cc1. The van der Waals surface area contributed by atoms with Crippen LogP contribution in [0.15, 0.2) is 72.8 Å². The van der Waals surface area contributed by atoms with Crippen molar-refractivity contribution in [3.63, 3.8) is 0 Å². The molecule has 3 aromatic carbocycles. The molecule has 0 N–H and O–H groups in total. The molecule has 0 saturated carbocycles. The second kappa shape index (κ2) is 7.19. The number of pyridine rings is 1. The predicted octanol–water partition coefficient (Wildman–Crippen LogP) is 5.08. The normalized spacial score (nSPS) is 12.9. The Morgan fingerprint density at radius 1 is 0.867 bits per heavy atom. The summed E-state index contributed by atoms with van der Waals surface area (Å²) >= 11 is 0. The van der Waals surface area contributed by atoms with Crippen LogP contribution in [0.2, 0.25) is 0 Å². The van der Waals surface area contributed by atoms with Crippen LogP contribution in [0.25, 0.3) is 22.0 Å². The van der Waals surface area contributed by atoms with Crippen molar-refractivity contribution in [3.05, 3.63) is 84.1 Å². The van der Waals surface area contributed by atoms with Crippen LogP contribution in [-0.2, 0) is 6.54 Å². The molecule has 0 unspecified atom stereocenters. The summed E-state index contributed by atoms with van der Waals surface area (Å²) < 4.78 is 10.8. The molecular weight excluding hydrogens is 376 g/mol. The molecule has 1 amide bonds. The minimum atomic E-state index is -0.0799. The zero-order valence-electron chi connectivity index (χ0n) is 16.8. The fourth-order valence-corrected chi connectivity index (χ4v) is 4.00. The molecule has 0 radical (unpaired) electrons. The molecule has 0 bridgehead atoms. The lowest BCUT2D eigenvalue weighted by Gasteiger charge is -2.15.